The molecule has 0 radical (unpaired) electrons. The van der Waals surface area contributed by atoms with Gasteiger partial charge in [0.05, 0.1) is 12.8 Å². The lowest BCUT2D eigenvalue weighted by atomic mass is 9.99. The van der Waals surface area contributed by atoms with Crippen molar-refractivity contribution >= 4 is 5.82 Å². The van der Waals surface area contributed by atoms with E-state index in [1.54, 1.807) is 0 Å². The Kier molecular flexibility index (Phi) is 4.74. The Balaban J connectivity index is 1.50. The topological polar surface area (TPSA) is 37.4 Å². The van der Waals surface area contributed by atoms with Gasteiger partial charge in [-0.15, -0.1) is 0 Å². The van der Waals surface area contributed by atoms with E-state index in [4.69, 9.17) is 4.74 Å². The van der Waals surface area contributed by atoms with Gasteiger partial charge in [0, 0.05) is 13.1 Å². The second kappa shape index (κ2) is 6.93. The zero-order chi connectivity index (χ0) is 13.6. The summed E-state index contributed by atoms with van der Waals surface area (Å²) in [7, 11) is 0. The van der Waals surface area contributed by atoms with Gasteiger partial charge in [0.2, 0.25) is 0 Å². The molecular formula is C16H25N3O. The Morgan fingerprint density at radius 3 is 2.65 bits per heavy atom. The summed E-state index contributed by atoms with van der Waals surface area (Å²) >= 11 is 0. The number of hydrogen-bond donors (Lipinski definition) is 1. The number of anilines is 1. The molecule has 3 rings (SSSR count). The van der Waals surface area contributed by atoms with E-state index >= 15 is 0 Å². The third-order valence-corrected chi connectivity index (χ3v) is 4.35. The third-order valence-electron chi connectivity index (χ3n) is 4.35. The van der Waals surface area contributed by atoms with E-state index in [2.05, 4.69) is 27.3 Å². The van der Waals surface area contributed by atoms with Crippen molar-refractivity contribution in [3.8, 4) is 5.75 Å². The molecule has 0 spiro atoms. The predicted octanol–water partition coefficient (Wildman–Crippen LogP) is 2.45. The number of nitrogens with zero attached hydrogens (tertiary/aromatic N) is 2. The number of rotatable bonds is 4. The van der Waals surface area contributed by atoms with Crippen LogP contribution in [0, 0.1) is 5.92 Å². The maximum absolute atomic E-state index is 5.88. The van der Waals surface area contributed by atoms with Crippen LogP contribution < -0.4 is 15.0 Å². The van der Waals surface area contributed by atoms with Crippen LogP contribution in [-0.4, -0.2) is 37.8 Å². The molecule has 1 N–H and O–H groups in total. The highest BCUT2D eigenvalue weighted by atomic mass is 16.5. The van der Waals surface area contributed by atoms with Gasteiger partial charge in [0.1, 0.15) is 11.6 Å². The van der Waals surface area contributed by atoms with Crippen LogP contribution in [-0.2, 0) is 0 Å². The highest BCUT2D eigenvalue weighted by Gasteiger charge is 2.14. The lowest BCUT2D eigenvalue weighted by Crippen LogP contribution is -2.30. The second-order valence-corrected chi connectivity index (χ2v) is 5.90. The van der Waals surface area contributed by atoms with Gasteiger partial charge in [-0.05, 0) is 63.2 Å². The van der Waals surface area contributed by atoms with Gasteiger partial charge >= 0.3 is 0 Å². The molecule has 2 saturated heterocycles. The molecule has 1 aromatic rings. The number of piperidine rings is 2. The fourth-order valence-corrected chi connectivity index (χ4v) is 3.03. The highest BCUT2D eigenvalue weighted by Crippen LogP contribution is 2.21. The zero-order valence-corrected chi connectivity index (χ0v) is 12.2. The minimum atomic E-state index is 0.693. The fourth-order valence-electron chi connectivity index (χ4n) is 3.03. The largest absolute Gasteiger partial charge is 0.492 e. The lowest BCUT2D eigenvalue weighted by Gasteiger charge is -2.27. The maximum Gasteiger partial charge on any atom is 0.137 e. The summed E-state index contributed by atoms with van der Waals surface area (Å²) in [6, 6.07) is 4.17. The van der Waals surface area contributed by atoms with Crippen LogP contribution in [0.25, 0.3) is 0 Å². The number of ether oxygens (including phenoxy) is 1. The van der Waals surface area contributed by atoms with Crippen molar-refractivity contribution in [1.82, 2.24) is 10.3 Å². The van der Waals surface area contributed by atoms with Crippen LogP contribution in [0.4, 0.5) is 5.82 Å². The standard InChI is InChI=1S/C16H25N3O/c1-2-10-19(11-3-1)16-5-4-15(12-18-16)20-13-14-6-8-17-9-7-14/h4-5,12,14,17H,1-3,6-11,13H2. The van der Waals surface area contributed by atoms with E-state index in [0.717, 1.165) is 44.4 Å². The molecule has 2 aliphatic rings. The van der Waals surface area contributed by atoms with Gasteiger partial charge in [0.15, 0.2) is 0 Å². The molecule has 4 heteroatoms. The number of pyridine rings is 1. The maximum atomic E-state index is 5.88. The number of nitrogens with one attached hydrogen (secondary N) is 1. The first kappa shape index (κ1) is 13.7. The first-order chi connectivity index (χ1) is 9.92. The average Bonchev–Trinajstić information content (AvgIpc) is 2.55. The molecule has 0 amide bonds. The molecule has 20 heavy (non-hydrogen) atoms. The summed E-state index contributed by atoms with van der Waals surface area (Å²) in [5.41, 5.74) is 0. The summed E-state index contributed by atoms with van der Waals surface area (Å²) in [4.78, 5) is 6.93. The van der Waals surface area contributed by atoms with Crippen molar-refractivity contribution in [3.63, 3.8) is 0 Å². The first-order valence-electron chi connectivity index (χ1n) is 7.96. The lowest BCUT2D eigenvalue weighted by molar-refractivity contribution is 0.214. The highest BCUT2D eigenvalue weighted by molar-refractivity contribution is 5.41. The summed E-state index contributed by atoms with van der Waals surface area (Å²) in [6.07, 6.45) is 8.25. The van der Waals surface area contributed by atoms with E-state index < -0.39 is 0 Å². The van der Waals surface area contributed by atoms with E-state index in [9.17, 15) is 0 Å². The second-order valence-electron chi connectivity index (χ2n) is 5.90. The Hall–Kier alpha value is -1.29. The SMILES string of the molecule is c1cc(N2CCCCC2)ncc1OCC1CCNCC1. The summed E-state index contributed by atoms with van der Waals surface area (Å²) in [5.74, 6) is 2.70. The van der Waals surface area contributed by atoms with Crippen LogP contribution in [0.5, 0.6) is 5.75 Å². The van der Waals surface area contributed by atoms with E-state index in [1.165, 1.54) is 32.1 Å². The molecule has 3 heterocycles. The van der Waals surface area contributed by atoms with Gasteiger partial charge in [-0.1, -0.05) is 0 Å². The quantitative estimate of drug-likeness (QED) is 0.916. The van der Waals surface area contributed by atoms with E-state index in [-0.39, 0.29) is 0 Å². The van der Waals surface area contributed by atoms with E-state index in [1.807, 2.05) is 6.20 Å². The molecule has 0 saturated carbocycles. The molecular weight excluding hydrogens is 250 g/mol. The van der Waals surface area contributed by atoms with Crippen molar-refractivity contribution in [3.05, 3.63) is 18.3 Å². The molecule has 0 unspecified atom stereocenters. The van der Waals surface area contributed by atoms with Gasteiger partial charge in [-0.3, -0.25) is 0 Å². The molecule has 2 fully saturated rings. The summed E-state index contributed by atoms with van der Waals surface area (Å²) in [5, 5.41) is 3.38. The average molecular weight is 275 g/mol. The van der Waals surface area contributed by atoms with Crippen LogP contribution in [0.1, 0.15) is 32.1 Å². The minimum Gasteiger partial charge on any atom is -0.492 e. The summed E-state index contributed by atoms with van der Waals surface area (Å²) < 4.78 is 5.88. The Bertz CT molecular complexity index is 395. The zero-order valence-electron chi connectivity index (χ0n) is 12.2. The Morgan fingerprint density at radius 1 is 1.15 bits per heavy atom. The van der Waals surface area contributed by atoms with E-state index in [0.29, 0.717) is 5.92 Å². The van der Waals surface area contributed by atoms with Crippen molar-refractivity contribution < 1.29 is 4.74 Å². The van der Waals surface area contributed by atoms with Gasteiger partial charge in [-0.25, -0.2) is 4.98 Å². The molecule has 110 valence electrons. The normalized spacial score (nSPS) is 20.9. The number of aromatic nitrogens is 1. The molecule has 2 aliphatic heterocycles. The van der Waals surface area contributed by atoms with Crippen molar-refractivity contribution in [2.45, 2.75) is 32.1 Å². The molecule has 0 bridgehead atoms. The fraction of sp³-hybridized carbons (Fsp3) is 0.688. The molecule has 0 atom stereocenters. The van der Waals surface area contributed by atoms with Gasteiger partial charge < -0.3 is 15.0 Å². The monoisotopic (exact) mass is 275 g/mol. The Labute approximate surface area is 121 Å². The van der Waals surface area contributed by atoms with Crippen LogP contribution in [0.3, 0.4) is 0 Å². The van der Waals surface area contributed by atoms with Crippen LogP contribution in [0.2, 0.25) is 0 Å². The summed E-state index contributed by atoms with van der Waals surface area (Å²) in [6.45, 7) is 5.36. The van der Waals surface area contributed by atoms with Crippen molar-refractivity contribution in [2.75, 3.05) is 37.7 Å². The van der Waals surface area contributed by atoms with Crippen LogP contribution >= 0.6 is 0 Å². The van der Waals surface area contributed by atoms with Gasteiger partial charge in [0.25, 0.3) is 0 Å². The molecule has 0 aromatic carbocycles. The smallest absolute Gasteiger partial charge is 0.137 e. The first-order valence-corrected chi connectivity index (χ1v) is 7.96. The van der Waals surface area contributed by atoms with Crippen molar-refractivity contribution in [1.29, 1.82) is 0 Å². The minimum absolute atomic E-state index is 0.693. The van der Waals surface area contributed by atoms with Crippen molar-refractivity contribution in [2.24, 2.45) is 5.92 Å². The number of hydrogen-bond acceptors (Lipinski definition) is 4. The predicted molar refractivity (Wildman–Crippen MR) is 81.4 cm³/mol. The Morgan fingerprint density at radius 2 is 1.95 bits per heavy atom. The molecule has 0 aliphatic carbocycles. The molecule has 4 nitrogen and oxygen atoms in total. The third kappa shape index (κ3) is 3.63. The molecule has 1 aromatic heterocycles. The van der Waals surface area contributed by atoms with Gasteiger partial charge in [-0.2, -0.15) is 0 Å². The van der Waals surface area contributed by atoms with Crippen LogP contribution in [0.15, 0.2) is 18.3 Å².